The molecule has 0 radical (unpaired) electrons. The van der Waals surface area contributed by atoms with Crippen molar-refractivity contribution in [1.29, 1.82) is 0 Å². The molecule has 29 heavy (non-hydrogen) atoms. The molecule has 1 fully saturated rings. The van der Waals surface area contributed by atoms with E-state index in [1.807, 2.05) is 38.9 Å². The quantitative estimate of drug-likeness (QED) is 0.534. The van der Waals surface area contributed by atoms with Crippen molar-refractivity contribution in [2.75, 3.05) is 10.6 Å². The van der Waals surface area contributed by atoms with Gasteiger partial charge in [0.2, 0.25) is 5.95 Å². The molecule has 0 amide bonds. The third-order valence-corrected chi connectivity index (χ3v) is 6.03. The Morgan fingerprint density at radius 2 is 1.76 bits per heavy atom. The molecule has 0 saturated carbocycles. The van der Waals surface area contributed by atoms with E-state index < -0.39 is 0 Å². The molecule has 2 atom stereocenters. The normalized spacial score (nSPS) is 19.4. The zero-order chi connectivity index (χ0) is 21.6. The van der Waals surface area contributed by atoms with E-state index in [-0.39, 0.29) is 5.54 Å². The van der Waals surface area contributed by atoms with E-state index in [2.05, 4.69) is 83.8 Å². The van der Waals surface area contributed by atoms with Gasteiger partial charge in [-0.2, -0.15) is 4.98 Å². The minimum absolute atomic E-state index is 0.0772. The lowest BCUT2D eigenvalue weighted by molar-refractivity contribution is 0.394. The van der Waals surface area contributed by atoms with Gasteiger partial charge >= 0.3 is 0 Å². The Kier molecular flexibility index (Phi) is 8.34. The molecule has 160 valence electrons. The van der Waals surface area contributed by atoms with Crippen LogP contribution in [0.5, 0.6) is 0 Å². The van der Waals surface area contributed by atoms with Crippen molar-refractivity contribution in [3.05, 3.63) is 36.0 Å². The third-order valence-electron chi connectivity index (χ3n) is 4.64. The van der Waals surface area contributed by atoms with Crippen LogP contribution in [0.3, 0.4) is 0 Å². The van der Waals surface area contributed by atoms with Gasteiger partial charge in [-0.15, -0.1) is 0 Å². The van der Waals surface area contributed by atoms with Gasteiger partial charge in [0.15, 0.2) is 0 Å². The van der Waals surface area contributed by atoms with Gasteiger partial charge < -0.3 is 10.6 Å². The number of rotatable bonds is 5. The van der Waals surface area contributed by atoms with Gasteiger partial charge in [-0.3, -0.25) is 0 Å². The van der Waals surface area contributed by atoms with E-state index in [9.17, 15) is 0 Å². The van der Waals surface area contributed by atoms with Crippen molar-refractivity contribution in [2.24, 2.45) is 0 Å². The summed E-state index contributed by atoms with van der Waals surface area (Å²) in [6, 6.07) is 9.79. The summed E-state index contributed by atoms with van der Waals surface area (Å²) in [5, 5.41) is 6.79. The van der Waals surface area contributed by atoms with Crippen LogP contribution in [-0.4, -0.2) is 31.9 Å². The van der Waals surface area contributed by atoms with Crippen molar-refractivity contribution < 1.29 is 0 Å². The highest BCUT2D eigenvalue weighted by atomic mass is 32.2. The Bertz CT molecular complexity index is 777. The van der Waals surface area contributed by atoms with E-state index in [4.69, 9.17) is 0 Å². The first kappa shape index (κ1) is 23.5. The minimum Gasteiger partial charge on any atom is -0.350 e. The van der Waals surface area contributed by atoms with Crippen LogP contribution in [0.4, 0.5) is 17.5 Å². The smallest absolute Gasteiger partial charge is 0.225 e. The van der Waals surface area contributed by atoms with E-state index in [1.165, 1.54) is 17.7 Å². The van der Waals surface area contributed by atoms with Crippen molar-refractivity contribution in [3.8, 4) is 0 Å². The number of anilines is 3. The number of aromatic nitrogens is 2. The zero-order valence-electron chi connectivity index (χ0n) is 19.2. The fourth-order valence-electron chi connectivity index (χ4n) is 3.20. The molecular formula is C23H37N5S. The number of benzene rings is 1. The van der Waals surface area contributed by atoms with Crippen LogP contribution in [-0.2, 0) is 0 Å². The summed E-state index contributed by atoms with van der Waals surface area (Å²) < 4.78 is 2.51. The maximum atomic E-state index is 4.66. The average molecular weight is 416 g/mol. The second-order valence-electron chi connectivity index (χ2n) is 8.48. The largest absolute Gasteiger partial charge is 0.350 e. The summed E-state index contributed by atoms with van der Waals surface area (Å²) in [6.45, 7) is 17.0. The fourth-order valence-corrected chi connectivity index (χ4v) is 4.34. The molecule has 6 heteroatoms. The van der Waals surface area contributed by atoms with Crippen molar-refractivity contribution >= 4 is 29.4 Å². The molecule has 0 bridgehead atoms. The molecule has 1 aliphatic heterocycles. The predicted octanol–water partition coefficient (Wildman–Crippen LogP) is 6.65. The topological polar surface area (TPSA) is 53.1 Å². The highest BCUT2D eigenvalue weighted by molar-refractivity contribution is 7.97. The van der Waals surface area contributed by atoms with Gasteiger partial charge in [0, 0.05) is 40.0 Å². The summed E-state index contributed by atoms with van der Waals surface area (Å²) >= 11 is 1.86. The van der Waals surface area contributed by atoms with Crippen molar-refractivity contribution in [3.63, 3.8) is 0 Å². The van der Waals surface area contributed by atoms with Crippen LogP contribution >= 0.6 is 11.9 Å². The molecule has 3 rings (SSSR count). The average Bonchev–Trinajstić information content (AvgIpc) is 2.97. The first-order valence-electron chi connectivity index (χ1n) is 10.7. The SMILES string of the molecule is CC.Cc1cnc(NC(C)(C)C)nc1Nc1cccc(SN2C(C)CCC2C)c1. The predicted molar refractivity (Wildman–Crippen MR) is 127 cm³/mol. The summed E-state index contributed by atoms with van der Waals surface area (Å²) in [6.07, 6.45) is 4.40. The Morgan fingerprint density at radius 1 is 1.10 bits per heavy atom. The molecule has 2 heterocycles. The van der Waals surface area contributed by atoms with Crippen molar-refractivity contribution in [1.82, 2.24) is 14.3 Å². The first-order chi connectivity index (χ1) is 13.7. The molecule has 1 saturated heterocycles. The maximum absolute atomic E-state index is 4.66. The second-order valence-corrected chi connectivity index (χ2v) is 9.56. The second kappa shape index (κ2) is 10.3. The van der Waals surface area contributed by atoms with Crippen LogP contribution in [0.25, 0.3) is 0 Å². The lowest BCUT2D eigenvalue weighted by Crippen LogP contribution is -2.27. The standard InChI is InChI=1S/C21H31N5S.C2H6/c1-14-13-22-20(25-21(4,5)6)24-19(14)23-17-8-7-9-18(12-17)27-26-15(2)10-11-16(26)3;1-2/h7-9,12-13,15-16H,10-11H2,1-6H3,(H2,22,23,24,25);1-2H3. The Labute approximate surface area is 181 Å². The van der Waals surface area contributed by atoms with E-state index in [1.54, 1.807) is 0 Å². The first-order valence-corrected chi connectivity index (χ1v) is 11.4. The molecule has 1 aromatic carbocycles. The number of hydrogen-bond donors (Lipinski definition) is 2. The van der Waals surface area contributed by atoms with Crippen LogP contribution in [0, 0.1) is 6.92 Å². The van der Waals surface area contributed by atoms with Gasteiger partial charge in [-0.05, 0) is 84.5 Å². The summed E-state index contributed by atoms with van der Waals surface area (Å²) in [5.41, 5.74) is 1.99. The molecular weight excluding hydrogens is 378 g/mol. The molecule has 0 spiro atoms. The minimum atomic E-state index is -0.0772. The Morgan fingerprint density at radius 3 is 2.38 bits per heavy atom. The highest BCUT2D eigenvalue weighted by Crippen LogP contribution is 2.36. The molecule has 0 aliphatic carbocycles. The fraction of sp³-hybridized carbons (Fsp3) is 0.565. The molecule has 2 N–H and O–H groups in total. The van der Waals surface area contributed by atoms with E-state index >= 15 is 0 Å². The third kappa shape index (κ3) is 6.89. The van der Waals surface area contributed by atoms with E-state index in [0.29, 0.717) is 18.0 Å². The number of aryl methyl sites for hydroxylation is 1. The summed E-state index contributed by atoms with van der Waals surface area (Å²) in [4.78, 5) is 10.3. The number of nitrogens with zero attached hydrogens (tertiary/aromatic N) is 3. The van der Waals surface area contributed by atoms with Gasteiger partial charge in [0.05, 0.1) is 0 Å². The lowest BCUT2D eigenvalue weighted by atomic mass is 10.1. The van der Waals surface area contributed by atoms with Crippen LogP contribution < -0.4 is 10.6 Å². The maximum Gasteiger partial charge on any atom is 0.225 e. The van der Waals surface area contributed by atoms with E-state index in [0.717, 1.165) is 17.1 Å². The van der Waals surface area contributed by atoms with Crippen LogP contribution in [0.15, 0.2) is 35.4 Å². The molecule has 2 aromatic rings. The molecule has 1 aliphatic rings. The van der Waals surface area contributed by atoms with Gasteiger partial charge in [-0.1, -0.05) is 19.9 Å². The lowest BCUT2D eigenvalue weighted by Gasteiger charge is -2.24. The van der Waals surface area contributed by atoms with Crippen molar-refractivity contribution in [2.45, 2.75) is 90.7 Å². The summed E-state index contributed by atoms with van der Waals surface area (Å²) in [7, 11) is 0. The highest BCUT2D eigenvalue weighted by Gasteiger charge is 2.28. The van der Waals surface area contributed by atoms with Gasteiger partial charge in [0.1, 0.15) is 5.82 Å². The number of hydrogen-bond acceptors (Lipinski definition) is 6. The summed E-state index contributed by atoms with van der Waals surface area (Å²) in [5.74, 6) is 1.47. The molecule has 2 unspecified atom stereocenters. The Balaban J connectivity index is 0.00000145. The van der Waals surface area contributed by atoms with Crippen LogP contribution in [0.2, 0.25) is 0 Å². The molecule has 5 nitrogen and oxygen atoms in total. The number of nitrogens with one attached hydrogen (secondary N) is 2. The molecule has 1 aromatic heterocycles. The van der Waals surface area contributed by atoms with Gasteiger partial charge in [0.25, 0.3) is 0 Å². The zero-order valence-corrected chi connectivity index (χ0v) is 20.0. The monoisotopic (exact) mass is 415 g/mol. The Hall–Kier alpha value is -1.79. The van der Waals surface area contributed by atoms with Gasteiger partial charge in [-0.25, -0.2) is 9.29 Å². The van der Waals surface area contributed by atoms with Crippen LogP contribution in [0.1, 0.15) is 66.9 Å².